The van der Waals surface area contributed by atoms with Crippen molar-refractivity contribution in [1.82, 2.24) is 9.97 Å². The topological polar surface area (TPSA) is 119 Å². The fourth-order valence-electron chi connectivity index (χ4n) is 11.2. The van der Waals surface area contributed by atoms with Crippen molar-refractivity contribution in [2.75, 3.05) is 0 Å². The highest BCUT2D eigenvalue weighted by Gasteiger charge is 2.60. The van der Waals surface area contributed by atoms with E-state index in [4.69, 9.17) is 20.0 Å². The van der Waals surface area contributed by atoms with E-state index in [9.17, 15) is 19.2 Å². The molecule has 10 rings (SSSR count). The van der Waals surface area contributed by atoms with Crippen LogP contribution in [0.5, 0.6) is 0 Å². The van der Waals surface area contributed by atoms with Crippen LogP contribution in [-0.2, 0) is 30.0 Å². The quantitative estimate of drug-likeness (QED) is 0.317. The van der Waals surface area contributed by atoms with Crippen LogP contribution in [0.3, 0.4) is 0 Å². The molecule has 6 saturated carbocycles. The van der Waals surface area contributed by atoms with Gasteiger partial charge in [0.15, 0.2) is 34.6 Å². The minimum atomic E-state index is -0.254. The van der Waals surface area contributed by atoms with Crippen LogP contribution in [0, 0.1) is 23.7 Å². The molecule has 0 N–H and O–H groups in total. The van der Waals surface area contributed by atoms with Crippen molar-refractivity contribution in [3.05, 3.63) is 21.1 Å². The van der Waals surface area contributed by atoms with E-state index in [-0.39, 0.29) is 69.1 Å². The van der Waals surface area contributed by atoms with Gasteiger partial charge in [0.25, 0.3) is 0 Å². The van der Waals surface area contributed by atoms with Gasteiger partial charge in [0.2, 0.25) is 10.3 Å². The summed E-state index contributed by atoms with van der Waals surface area (Å²) < 4.78 is 0. The number of Topliss-reactive ketones (excluding diaryl/α,β-unsaturated/α-hetero) is 4. The molecule has 4 atom stereocenters. The average Bonchev–Trinajstić information content (AvgIpc) is 3.93. The highest BCUT2D eigenvalue weighted by atomic mass is 32.1. The van der Waals surface area contributed by atoms with Crippen LogP contribution in [0.1, 0.15) is 137 Å². The lowest BCUT2D eigenvalue weighted by Gasteiger charge is -2.35. The summed E-state index contributed by atoms with van der Waals surface area (Å²) in [6.45, 7) is 0. The molecule has 0 saturated heterocycles. The summed E-state index contributed by atoms with van der Waals surface area (Å²) in [7, 11) is 0. The Morgan fingerprint density at radius 1 is 0.479 bits per heavy atom. The van der Waals surface area contributed by atoms with E-state index in [0.717, 1.165) is 114 Å². The molecular formula is C38H40N4O4S2. The SMILES string of the molecule is O=C1C(=Nc2nc3c(s2)C2=C(c4sc(N=C5C(=O)C6CCCCC6C5=O)nc4C24CCCCC4)C32CCCCC2)C(=O)C2CCCCC12. The van der Waals surface area contributed by atoms with Gasteiger partial charge in [0.05, 0.1) is 21.1 Å². The zero-order valence-corrected chi connectivity index (χ0v) is 28.9. The second kappa shape index (κ2) is 10.8. The highest BCUT2D eigenvalue weighted by Crippen LogP contribution is 2.71. The molecule has 0 aromatic carbocycles. The molecule has 8 nitrogen and oxygen atoms in total. The number of carbonyl (C=O) groups excluding carboxylic acids is 4. The second-order valence-corrected chi connectivity index (χ2v) is 17.7. The molecule has 2 heterocycles. The molecule has 2 aromatic rings. The van der Waals surface area contributed by atoms with Gasteiger partial charge >= 0.3 is 0 Å². The first-order valence-electron chi connectivity index (χ1n) is 18.5. The van der Waals surface area contributed by atoms with Crippen molar-refractivity contribution in [2.24, 2.45) is 33.7 Å². The van der Waals surface area contributed by atoms with Crippen LogP contribution >= 0.6 is 22.7 Å². The monoisotopic (exact) mass is 680 g/mol. The first-order valence-corrected chi connectivity index (χ1v) is 20.2. The van der Waals surface area contributed by atoms with Crippen LogP contribution in [0.4, 0.5) is 10.3 Å². The first-order chi connectivity index (χ1) is 23.4. The maximum atomic E-state index is 13.4. The van der Waals surface area contributed by atoms with Gasteiger partial charge in [-0.05, 0) is 62.5 Å². The van der Waals surface area contributed by atoms with Crippen molar-refractivity contribution in [2.45, 2.75) is 126 Å². The summed E-state index contributed by atoms with van der Waals surface area (Å²) >= 11 is 3.15. The summed E-state index contributed by atoms with van der Waals surface area (Å²) in [5.41, 5.74) is 4.67. The Labute approximate surface area is 288 Å². The van der Waals surface area contributed by atoms with Gasteiger partial charge in [-0.2, -0.15) is 0 Å². The normalized spacial score (nSPS) is 31.4. The Bertz CT molecular complexity index is 1730. The summed E-state index contributed by atoms with van der Waals surface area (Å²) in [5.74, 6) is -1.09. The molecule has 0 radical (unpaired) electrons. The summed E-state index contributed by atoms with van der Waals surface area (Å²) in [6, 6.07) is 0. The molecule has 0 aliphatic heterocycles. The third kappa shape index (κ3) is 3.93. The predicted octanol–water partition coefficient (Wildman–Crippen LogP) is 8.00. The molecule has 48 heavy (non-hydrogen) atoms. The number of aliphatic imine (C=N–C) groups is 2. The number of hydrogen-bond donors (Lipinski definition) is 0. The molecule has 8 aliphatic carbocycles. The van der Waals surface area contributed by atoms with E-state index >= 15 is 0 Å². The molecule has 248 valence electrons. The van der Waals surface area contributed by atoms with Crippen LogP contribution in [-0.4, -0.2) is 44.5 Å². The Balaban J connectivity index is 1.11. The largest absolute Gasteiger partial charge is 0.292 e. The zero-order valence-electron chi connectivity index (χ0n) is 27.3. The van der Waals surface area contributed by atoms with Gasteiger partial charge in [0, 0.05) is 34.5 Å². The molecule has 2 spiro atoms. The van der Waals surface area contributed by atoms with Crippen LogP contribution < -0.4 is 0 Å². The molecule has 10 heteroatoms. The number of rotatable bonds is 2. The number of fused-ring (bicyclic) bond motifs is 10. The Kier molecular flexibility index (Phi) is 6.70. The fourth-order valence-corrected chi connectivity index (χ4v) is 13.6. The van der Waals surface area contributed by atoms with Crippen molar-refractivity contribution in [3.8, 4) is 0 Å². The van der Waals surface area contributed by atoms with Gasteiger partial charge < -0.3 is 0 Å². The molecular weight excluding hydrogens is 641 g/mol. The highest BCUT2D eigenvalue weighted by molar-refractivity contribution is 7.18. The molecule has 0 amide bonds. The molecule has 6 fully saturated rings. The van der Waals surface area contributed by atoms with Gasteiger partial charge in [-0.1, -0.05) is 86.9 Å². The number of allylic oxidation sites excluding steroid dienone is 2. The van der Waals surface area contributed by atoms with Crippen LogP contribution in [0.25, 0.3) is 11.1 Å². The lowest BCUT2D eigenvalue weighted by molar-refractivity contribution is -0.120. The Hall–Kier alpha value is -2.98. The van der Waals surface area contributed by atoms with E-state index < -0.39 is 0 Å². The van der Waals surface area contributed by atoms with Crippen molar-refractivity contribution >= 4 is 78.6 Å². The summed E-state index contributed by atoms with van der Waals surface area (Å²) in [6.07, 6.45) is 18.0. The number of aromatic nitrogens is 2. The van der Waals surface area contributed by atoms with Crippen molar-refractivity contribution < 1.29 is 19.2 Å². The number of ketones is 4. The predicted molar refractivity (Wildman–Crippen MR) is 186 cm³/mol. The molecule has 0 bridgehead atoms. The maximum Gasteiger partial charge on any atom is 0.210 e. The third-order valence-corrected chi connectivity index (χ3v) is 15.4. The lowest BCUT2D eigenvalue weighted by atomic mass is 9.68. The summed E-state index contributed by atoms with van der Waals surface area (Å²) in [4.78, 5) is 76.0. The van der Waals surface area contributed by atoms with Crippen molar-refractivity contribution in [1.29, 1.82) is 0 Å². The van der Waals surface area contributed by atoms with E-state index in [1.807, 2.05) is 0 Å². The molecule has 4 unspecified atom stereocenters. The van der Waals surface area contributed by atoms with E-state index in [0.29, 0.717) is 10.3 Å². The van der Waals surface area contributed by atoms with E-state index in [1.54, 1.807) is 22.7 Å². The Morgan fingerprint density at radius 3 is 1.15 bits per heavy atom. The number of hydrogen-bond acceptors (Lipinski definition) is 10. The number of carbonyl (C=O) groups is 4. The summed E-state index contributed by atoms with van der Waals surface area (Å²) in [5, 5.41) is 1.10. The first kappa shape index (κ1) is 29.9. The number of nitrogens with zero attached hydrogens (tertiary/aromatic N) is 4. The third-order valence-electron chi connectivity index (χ3n) is 13.4. The minimum absolute atomic E-state index is 0.0732. The van der Waals surface area contributed by atoms with Gasteiger partial charge in [0.1, 0.15) is 0 Å². The Morgan fingerprint density at radius 2 is 0.812 bits per heavy atom. The zero-order chi connectivity index (χ0) is 32.4. The van der Waals surface area contributed by atoms with E-state index in [2.05, 4.69) is 0 Å². The minimum Gasteiger partial charge on any atom is -0.292 e. The standard InChI is InChI=1S/C38H40N4O4S2/c43-27-19-11-3-4-12-20(19)28(44)25(27)39-35-41-33-32(48-35)24-23(37(33)15-7-1-8-16-37)31-34(38(24)17-9-2-10-18-38)42-36(47-31)40-26-29(45)21-13-5-6-14-22(21)30(26)46/h19-22H,1-18H2. The van der Waals surface area contributed by atoms with Crippen LogP contribution in [0.15, 0.2) is 9.98 Å². The smallest absolute Gasteiger partial charge is 0.210 e. The van der Waals surface area contributed by atoms with Gasteiger partial charge in [-0.25, -0.2) is 20.0 Å². The maximum absolute atomic E-state index is 13.4. The number of thiazole rings is 2. The molecule has 8 aliphatic rings. The van der Waals surface area contributed by atoms with Gasteiger partial charge in [-0.3, -0.25) is 19.2 Å². The van der Waals surface area contributed by atoms with Crippen molar-refractivity contribution in [3.63, 3.8) is 0 Å². The van der Waals surface area contributed by atoms with Gasteiger partial charge in [-0.15, -0.1) is 0 Å². The van der Waals surface area contributed by atoms with Crippen LogP contribution in [0.2, 0.25) is 0 Å². The lowest BCUT2D eigenvalue weighted by Crippen LogP contribution is -2.29. The second-order valence-electron chi connectivity index (χ2n) is 15.8. The average molecular weight is 681 g/mol. The molecule has 2 aromatic heterocycles. The van der Waals surface area contributed by atoms with E-state index in [1.165, 1.54) is 33.7 Å². The fraction of sp³-hybridized carbons (Fsp3) is 0.632.